The van der Waals surface area contributed by atoms with Crippen LogP contribution in [-0.2, 0) is 0 Å². The second-order valence-electron chi connectivity index (χ2n) is 2.65. The normalized spacial score (nSPS) is 45.0. The zero-order valence-corrected chi connectivity index (χ0v) is 5.54. The molecule has 3 heteroatoms. The van der Waals surface area contributed by atoms with Gasteiger partial charge in [-0.05, 0) is 6.92 Å². The van der Waals surface area contributed by atoms with E-state index in [0.29, 0.717) is 13.0 Å². The zero-order chi connectivity index (χ0) is 6.85. The Morgan fingerprint density at radius 2 is 2.11 bits per heavy atom. The first-order valence-corrected chi connectivity index (χ1v) is 3.29. The summed E-state index contributed by atoms with van der Waals surface area (Å²) in [4.78, 5) is 0. The van der Waals surface area contributed by atoms with Crippen LogP contribution in [0.5, 0.6) is 0 Å². The van der Waals surface area contributed by atoms with Gasteiger partial charge in [-0.3, -0.25) is 0 Å². The Morgan fingerprint density at radius 3 is 2.56 bits per heavy atom. The lowest BCUT2D eigenvalue weighted by Gasteiger charge is -2.29. The molecule has 0 amide bonds. The Bertz CT molecular complexity index is 97.1. The van der Waals surface area contributed by atoms with E-state index in [4.69, 9.17) is 10.2 Å². The number of aliphatic hydroxyl groups is 2. The van der Waals surface area contributed by atoms with Crippen LogP contribution in [0.25, 0.3) is 0 Å². The fourth-order valence-electron chi connectivity index (χ4n) is 1.02. The maximum atomic E-state index is 9.13. The predicted molar refractivity (Wildman–Crippen MR) is 34.1 cm³/mol. The number of piperidine rings is 1. The van der Waals surface area contributed by atoms with Crippen molar-refractivity contribution in [1.82, 2.24) is 5.32 Å². The van der Waals surface area contributed by atoms with Gasteiger partial charge < -0.3 is 15.5 Å². The number of rotatable bonds is 0. The van der Waals surface area contributed by atoms with Crippen LogP contribution < -0.4 is 5.32 Å². The van der Waals surface area contributed by atoms with E-state index < -0.39 is 0 Å². The smallest absolute Gasteiger partial charge is 0.0715 e. The van der Waals surface area contributed by atoms with Crippen LogP contribution in [0.4, 0.5) is 0 Å². The average molecular weight is 131 g/mol. The first kappa shape index (κ1) is 6.99. The largest absolute Gasteiger partial charge is 0.392 e. The minimum absolute atomic E-state index is 0.133. The van der Waals surface area contributed by atoms with Crippen LogP contribution in [0, 0.1) is 0 Å². The zero-order valence-electron chi connectivity index (χ0n) is 5.54. The molecule has 3 unspecified atom stereocenters. The van der Waals surface area contributed by atoms with Crippen LogP contribution in [0.1, 0.15) is 13.3 Å². The van der Waals surface area contributed by atoms with Gasteiger partial charge in [0.1, 0.15) is 0 Å². The molecule has 0 aromatic rings. The summed E-state index contributed by atoms with van der Waals surface area (Å²) >= 11 is 0. The fraction of sp³-hybridized carbons (Fsp3) is 1.00. The van der Waals surface area contributed by atoms with Gasteiger partial charge in [0.05, 0.1) is 12.2 Å². The molecule has 54 valence electrons. The standard InChI is InChI=1S/C6H13NO2/c1-4-6(9)2-5(8)3-7-4/h4-9H,2-3H2,1H3. The van der Waals surface area contributed by atoms with E-state index in [0.717, 1.165) is 0 Å². The van der Waals surface area contributed by atoms with Crippen molar-refractivity contribution in [2.24, 2.45) is 0 Å². The Hall–Kier alpha value is -0.120. The number of aliphatic hydroxyl groups excluding tert-OH is 2. The van der Waals surface area contributed by atoms with E-state index in [1.54, 1.807) is 0 Å². The molecule has 0 aromatic heterocycles. The summed E-state index contributed by atoms with van der Waals surface area (Å²) in [6, 6.07) is 0.133. The summed E-state index contributed by atoms with van der Waals surface area (Å²) in [5.41, 5.74) is 0. The molecule has 0 aliphatic carbocycles. The minimum Gasteiger partial charge on any atom is -0.392 e. The summed E-state index contributed by atoms with van der Waals surface area (Å²) in [6.07, 6.45) is -0.237. The van der Waals surface area contributed by atoms with Gasteiger partial charge in [-0.1, -0.05) is 0 Å². The number of hydrogen-bond donors (Lipinski definition) is 3. The third-order valence-electron chi connectivity index (χ3n) is 1.77. The third-order valence-corrected chi connectivity index (χ3v) is 1.77. The SMILES string of the molecule is CC1NCC(O)CC1O. The molecule has 1 fully saturated rings. The fourth-order valence-corrected chi connectivity index (χ4v) is 1.02. The molecule has 0 saturated carbocycles. The summed E-state index contributed by atoms with van der Waals surface area (Å²) in [7, 11) is 0. The Labute approximate surface area is 54.7 Å². The molecule has 1 saturated heterocycles. The van der Waals surface area contributed by atoms with Crippen molar-refractivity contribution in [3.05, 3.63) is 0 Å². The average Bonchev–Trinajstić information content (AvgIpc) is 1.80. The number of β-amino-alcohol motifs (C(OH)–C–C–N with tert-alkyl or cyclic N) is 1. The van der Waals surface area contributed by atoms with E-state index in [2.05, 4.69) is 5.32 Å². The third kappa shape index (κ3) is 1.64. The summed E-state index contributed by atoms with van der Waals surface area (Å²) < 4.78 is 0. The van der Waals surface area contributed by atoms with Crippen LogP contribution in [0.2, 0.25) is 0 Å². The molecule has 0 spiro atoms. The molecular weight excluding hydrogens is 118 g/mol. The van der Waals surface area contributed by atoms with Crippen molar-refractivity contribution in [2.45, 2.75) is 31.6 Å². The van der Waals surface area contributed by atoms with Gasteiger partial charge in [0.2, 0.25) is 0 Å². The molecule has 1 aliphatic rings. The van der Waals surface area contributed by atoms with Gasteiger partial charge in [-0.25, -0.2) is 0 Å². The predicted octanol–water partition coefficient (Wildman–Crippen LogP) is -0.910. The van der Waals surface area contributed by atoms with Crippen LogP contribution in [-0.4, -0.2) is 35.0 Å². The lowest BCUT2D eigenvalue weighted by Crippen LogP contribution is -2.48. The summed E-state index contributed by atoms with van der Waals surface area (Å²) in [6.45, 7) is 2.52. The van der Waals surface area contributed by atoms with Crippen molar-refractivity contribution in [3.63, 3.8) is 0 Å². The van der Waals surface area contributed by atoms with Crippen molar-refractivity contribution >= 4 is 0 Å². The Morgan fingerprint density at radius 1 is 1.44 bits per heavy atom. The lowest BCUT2D eigenvalue weighted by atomic mass is 10.0. The molecule has 3 N–H and O–H groups in total. The van der Waals surface area contributed by atoms with Gasteiger partial charge in [0, 0.05) is 19.0 Å². The molecule has 9 heavy (non-hydrogen) atoms. The lowest BCUT2D eigenvalue weighted by molar-refractivity contribution is 0.0278. The first-order valence-electron chi connectivity index (χ1n) is 3.29. The van der Waals surface area contributed by atoms with E-state index >= 15 is 0 Å². The molecule has 1 rings (SSSR count). The molecular formula is C6H13NO2. The summed E-state index contributed by atoms with van der Waals surface area (Å²) in [5, 5.41) is 21.1. The molecule has 0 radical (unpaired) electrons. The summed E-state index contributed by atoms with van der Waals surface area (Å²) in [5.74, 6) is 0. The van der Waals surface area contributed by atoms with Gasteiger partial charge >= 0.3 is 0 Å². The number of hydrogen-bond acceptors (Lipinski definition) is 3. The van der Waals surface area contributed by atoms with E-state index in [1.807, 2.05) is 6.92 Å². The molecule has 3 atom stereocenters. The van der Waals surface area contributed by atoms with Crippen molar-refractivity contribution in [1.29, 1.82) is 0 Å². The quantitative estimate of drug-likeness (QED) is 0.399. The van der Waals surface area contributed by atoms with Gasteiger partial charge in [-0.2, -0.15) is 0 Å². The second-order valence-corrected chi connectivity index (χ2v) is 2.65. The van der Waals surface area contributed by atoms with E-state index in [-0.39, 0.29) is 18.2 Å². The monoisotopic (exact) mass is 131 g/mol. The minimum atomic E-state index is -0.381. The molecule has 3 nitrogen and oxygen atoms in total. The molecule has 1 heterocycles. The highest BCUT2D eigenvalue weighted by molar-refractivity contribution is 4.81. The topological polar surface area (TPSA) is 52.5 Å². The van der Waals surface area contributed by atoms with Crippen LogP contribution in [0.15, 0.2) is 0 Å². The van der Waals surface area contributed by atoms with Crippen molar-refractivity contribution in [2.75, 3.05) is 6.54 Å². The van der Waals surface area contributed by atoms with Gasteiger partial charge in [0.25, 0.3) is 0 Å². The van der Waals surface area contributed by atoms with Crippen LogP contribution in [0.3, 0.4) is 0 Å². The Balaban J connectivity index is 2.35. The number of nitrogens with one attached hydrogen (secondary N) is 1. The van der Waals surface area contributed by atoms with Crippen molar-refractivity contribution < 1.29 is 10.2 Å². The van der Waals surface area contributed by atoms with Crippen molar-refractivity contribution in [3.8, 4) is 0 Å². The second kappa shape index (κ2) is 2.64. The highest BCUT2D eigenvalue weighted by Crippen LogP contribution is 2.07. The van der Waals surface area contributed by atoms with Crippen LogP contribution >= 0.6 is 0 Å². The highest BCUT2D eigenvalue weighted by atomic mass is 16.3. The van der Waals surface area contributed by atoms with Gasteiger partial charge in [-0.15, -0.1) is 0 Å². The Kier molecular flexibility index (Phi) is 2.05. The van der Waals surface area contributed by atoms with Gasteiger partial charge in [0.15, 0.2) is 0 Å². The highest BCUT2D eigenvalue weighted by Gasteiger charge is 2.23. The maximum absolute atomic E-state index is 9.13. The maximum Gasteiger partial charge on any atom is 0.0715 e. The first-order chi connectivity index (χ1) is 4.20. The van der Waals surface area contributed by atoms with E-state index in [9.17, 15) is 0 Å². The molecule has 1 aliphatic heterocycles. The molecule has 0 bridgehead atoms. The van der Waals surface area contributed by atoms with E-state index in [1.165, 1.54) is 0 Å². The molecule has 0 aromatic carbocycles.